The smallest absolute Gasteiger partial charge is 0.115 e. The first kappa shape index (κ1) is 21.5. The summed E-state index contributed by atoms with van der Waals surface area (Å²) in [5.41, 5.74) is 5.97. The molecule has 0 amide bonds. The summed E-state index contributed by atoms with van der Waals surface area (Å²) in [6.07, 6.45) is 1.76. The van der Waals surface area contributed by atoms with Crippen LogP contribution in [-0.4, -0.2) is 15.3 Å². The van der Waals surface area contributed by atoms with Crippen molar-refractivity contribution in [2.75, 3.05) is 0 Å². The third-order valence-corrected chi connectivity index (χ3v) is 6.06. The fourth-order valence-electron chi connectivity index (χ4n) is 4.16. The van der Waals surface area contributed by atoms with Crippen LogP contribution in [0.4, 0.5) is 0 Å². The third kappa shape index (κ3) is 5.30. The summed E-state index contributed by atoms with van der Waals surface area (Å²) in [7, 11) is 0. The molecule has 0 unspecified atom stereocenters. The van der Waals surface area contributed by atoms with Crippen molar-refractivity contribution in [3.63, 3.8) is 0 Å². The quantitative estimate of drug-likeness (QED) is 0.316. The minimum absolute atomic E-state index is 0.123. The van der Waals surface area contributed by atoms with Gasteiger partial charge in [0.25, 0.3) is 0 Å². The number of phenols is 3. The Bertz CT molecular complexity index is 1080. The largest absolute Gasteiger partial charge is 0.508 e. The summed E-state index contributed by atoms with van der Waals surface area (Å²) >= 11 is 0. The molecule has 4 aromatic rings. The molecule has 0 aromatic heterocycles. The van der Waals surface area contributed by atoms with E-state index in [4.69, 9.17) is 0 Å². The minimum atomic E-state index is 0.123. The predicted octanol–water partition coefficient (Wildman–Crippen LogP) is 6.52. The van der Waals surface area contributed by atoms with E-state index in [1.165, 1.54) is 16.7 Å². The standard InChI is InChI=1S/C29H28O3/c1-20(23-6-12-26(30)13-7-23)18-21-2-4-22(5-3-21)19-29(24-8-14-27(31)15-9-24)25-10-16-28(32)17-11-25/h2-17,20,29-32H,18-19H2,1H3/t20-/m0/s1. The van der Waals surface area contributed by atoms with E-state index < -0.39 is 0 Å². The molecule has 0 fully saturated rings. The Kier molecular flexibility index (Phi) is 6.46. The lowest BCUT2D eigenvalue weighted by Gasteiger charge is -2.19. The van der Waals surface area contributed by atoms with Gasteiger partial charge in [-0.25, -0.2) is 0 Å². The zero-order valence-electron chi connectivity index (χ0n) is 18.1. The second-order valence-corrected chi connectivity index (χ2v) is 8.45. The zero-order valence-corrected chi connectivity index (χ0v) is 18.1. The second-order valence-electron chi connectivity index (χ2n) is 8.45. The lowest BCUT2D eigenvalue weighted by atomic mass is 9.85. The normalized spacial score (nSPS) is 12.1. The lowest BCUT2D eigenvalue weighted by Crippen LogP contribution is -2.05. The van der Waals surface area contributed by atoms with Crippen LogP contribution in [0, 0.1) is 0 Å². The molecule has 0 radical (unpaired) electrons. The Morgan fingerprint density at radius 2 is 0.812 bits per heavy atom. The molecule has 0 spiro atoms. The van der Waals surface area contributed by atoms with Crippen molar-refractivity contribution >= 4 is 0 Å². The van der Waals surface area contributed by atoms with E-state index in [-0.39, 0.29) is 17.4 Å². The topological polar surface area (TPSA) is 60.7 Å². The van der Waals surface area contributed by atoms with Crippen molar-refractivity contribution in [1.82, 2.24) is 0 Å². The first-order chi connectivity index (χ1) is 15.5. The maximum Gasteiger partial charge on any atom is 0.115 e. The van der Waals surface area contributed by atoms with Gasteiger partial charge in [-0.1, -0.05) is 67.6 Å². The van der Waals surface area contributed by atoms with Crippen LogP contribution < -0.4 is 0 Å². The third-order valence-electron chi connectivity index (χ3n) is 6.06. The molecule has 3 N–H and O–H groups in total. The van der Waals surface area contributed by atoms with Crippen LogP contribution in [0.15, 0.2) is 97.1 Å². The Hall–Kier alpha value is -3.72. The van der Waals surface area contributed by atoms with E-state index in [1.54, 1.807) is 36.4 Å². The first-order valence-corrected chi connectivity index (χ1v) is 10.9. The van der Waals surface area contributed by atoms with Crippen LogP contribution in [0.5, 0.6) is 17.2 Å². The van der Waals surface area contributed by atoms with Gasteiger partial charge in [-0.15, -0.1) is 0 Å². The van der Waals surface area contributed by atoms with Crippen LogP contribution in [0.25, 0.3) is 0 Å². The van der Waals surface area contributed by atoms with Gasteiger partial charge in [-0.05, 0) is 83.0 Å². The molecule has 0 aliphatic rings. The Morgan fingerprint density at radius 1 is 0.469 bits per heavy atom. The van der Waals surface area contributed by atoms with Gasteiger partial charge in [0, 0.05) is 5.92 Å². The van der Waals surface area contributed by atoms with Gasteiger partial charge in [0.1, 0.15) is 17.2 Å². The number of hydrogen-bond acceptors (Lipinski definition) is 3. The van der Waals surface area contributed by atoms with Gasteiger partial charge in [0.05, 0.1) is 0 Å². The van der Waals surface area contributed by atoms with Crippen molar-refractivity contribution in [2.24, 2.45) is 0 Å². The fraction of sp³-hybridized carbons (Fsp3) is 0.172. The molecule has 0 aliphatic heterocycles. The number of aromatic hydroxyl groups is 3. The molecule has 4 rings (SSSR count). The van der Waals surface area contributed by atoms with Crippen LogP contribution >= 0.6 is 0 Å². The SMILES string of the molecule is C[C@@H](Cc1ccc(CC(c2ccc(O)cc2)c2ccc(O)cc2)cc1)c1ccc(O)cc1. The molecule has 32 heavy (non-hydrogen) atoms. The number of phenolic OH excluding ortho intramolecular Hbond substituents is 3. The van der Waals surface area contributed by atoms with Crippen molar-refractivity contribution in [3.05, 3.63) is 125 Å². The van der Waals surface area contributed by atoms with E-state index >= 15 is 0 Å². The molecule has 1 atom stereocenters. The molecule has 0 aliphatic carbocycles. The number of hydrogen-bond donors (Lipinski definition) is 3. The highest BCUT2D eigenvalue weighted by atomic mass is 16.3. The highest BCUT2D eigenvalue weighted by Gasteiger charge is 2.16. The second kappa shape index (κ2) is 9.61. The fourth-order valence-corrected chi connectivity index (χ4v) is 4.16. The van der Waals surface area contributed by atoms with Gasteiger partial charge < -0.3 is 15.3 Å². The molecule has 162 valence electrons. The summed E-state index contributed by atoms with van der Waals surface area (Å²) in [5, 5.41) is 28.9. The predicted molar refractivity (Wildman–Crippen MR) is 128 cm³/mol. The van der Waals surface area contributed by atoms with Crippen LogP contribution in [0.3, 0.4) is 0 Å². The van der Waals surface area contributed by atoms with Crippen LogP contribution in [0.1, 0.15) is 46.6 Å². The van der Waals surface area contributed by atoms with E-state index in [9.17, 15) is 15.3 Å². The maximum absolute atomic E-state index is 9.69. The summed E-state index contributed by atoms with van der Waals surface area (Å²) in [6, 6.07) is 30.9. The number of rotatable bonds is 7. The van der Waals surface area contributed by atoms with Gasteiger partial charge in [0.2, 0.25) is 0 Å². The average molecular weight is 425 g/mol. The van der Waals surface area contributed by atoms with Crippen molar-refractivity contribution < 1.29 is 15.3 Å². The summed E-state index contributed by atoms with van der Waals surface area (Å²) in [5.74, 6) is 1.29. The summed E-state index contributed by atoms with van der Waals surface area (Å²) < 4.78 is 0. The van der Waals surface area contributed by atoms with E-state index in [2.05, 4.69) is 31.2 Å². The zero-order chi connectivity index (χ0) is 22.5. The van der Waals surface area contributed by atoms with Gasteiger partial charge in [-0.3, -0.25) is 0 Å². The van der Waals surface area contributed by atoms with Crippen molar-refractivity contribution in [1.29, 1.82) is 0 Å². The highest BCUT2D eigenvalue weighted by molar-refractivity contribution is 5.40. The van der Waals surface area contributed by atoms with Crippen molar-refractivity contribution in [3.8, 4) is 17.2 Å². The van der Waals surface area contributed by atoms with E-state index in [0.717, 1.165) is 24.0 Å². The van der Waals surface area contributed by atoms with Gasteiger partial charge in [0.15, 0.2) is 0 Å². The molecule has 0 saturated carbocycles. The molecule has 4 aromatic carbocycles. The van der Waals surface area contributed by atoms with Crippen LogP contribution in [0.2, 0.25) is 0 Å². The van der Waals surface area contributed by atoms with Gasteiger partial charge >= 0.3 is 0 Å². The highest BCUT2D eigenvalue weighted by Crippen LogP contribution is 2.31. The van der Waals surface area contributed by atoms with Crippen molar-refractivity contribution in [2.45, 2.75) is 31.6 Å². The molecule has 0 bridgehead atoms. The molecular formula is C29H28O3. The first-order valence-electron chi connectivity index (χ1n) is 10.9. The van der Waals surface area contributed by atoms with Gasteiger partial charge in [-0.2, -0.15) is 0 Å². The average Bonchev–Trinajstić information content (AvgIpc) is 2.80. The Morgan fingerprint density at radius 3 is 1.22 bits per heavy atom. The minimum Gasteiger partial charge on any atom is -0.508 e. The maximum atomic E-state index is 9.69. The lowest BCUT2D eigenvalue weighted by molar-refractivity contribution is 0.474. The van der Waals surface area contributed by atoms with Crippen LogP contribution in [-0.2, 0) is 12.8 Å². The monoisotopic (exact) mass is 424 g/mol. The summed E-state index contributed by atoms with van der Waals surface area (Å²) in [4.78, 5) is 0. The van der Waals surface area contributed by atoms with E-state index in [0.29, 0.717) is 11.7 Å². The molecule has 0 saturated heterocycles. The molecular weight excluding hydrogens is 396 g/mol. The molecule has 3 heteroatoms. The Balaban J connectivity index is 1.51. The Labute approximate surface area is 189 Å². The van der Waals surface area contributed by atoms with E-state index in [1.807, 2.05) is 36.4 Å². The summed E-state index contributed by atoms with van der Waals surface area (Å²) in [6.45, 7) is 2.20. The molecule has 3 nitrogen and oxygen atoms in total. The number of benzene rings is 4. The molecule has 0 heterocycles.